The van der Waals surface area contributed by atoms with Gasteiger partial charge in [0.15, 0.2) is 0 Å². The molecule has 2 rings (SSSR count). The van der Waals surface area contributed by atoms with E-state index in [1.54, 1.807) is 30.3 Å². The number of benzene rings is 2. The number of halogens is 2. The largest absolute Gasteiger partial charge is 0.399 e. The zero-order valence-electron chi connectivity index (χ0n) is 10.9. The zero-order chi connectivity index (χ0) is 14.7. The summed E-state index contributed by atoms with van der Waals surface area (Å²) in [5, 5.41) is 3.91. The lowest BCUT2D eigenvalue weighted by atomic mass is 10.1. The van der Waals surface area contributed by atoms with Crippen LogP contribution in [-0.4, -0.2) is 5.91 Å². The van der Waals surface area contributed by atoms with Gasteiger partial charge >= 0.3 is 0 Å². The Morgan fingerprint density at radius 2 is 1.80 bits per heavy atom. The molecule has 1 atom stereocenters. The SMILES string of the molecule is CC(NC(=O)c1cc(N)ccc1Cl)c1ccc(Cl)cc1. The van der Waals surface area contributed by atoms with Gasteiger partial charge in [0.2, 0.25) is 0 Å². The fourth-order valence-electron chi connectivity index (χ4n) is 1.83. The average Bonchev–Trinajstić information content (AvgIpc) is 2.42. The third-order valence-corrected chi connectivity index (χ3v) is 3.53. The molecule has 0 saturated heterocycles. The summed E-state index contributed by atoms with van der Waals surface area (Å²) in [7, 11) is 0. The Bertz CT molecular complexity index is 626. The zero-order valence-corrected chi connectivity index (χ0v) is 12.4. The summed E-state index contributed by atoms with van der Waals surface area (Å²) in [6.45, 7) is 1.89. The maximum Gasteiger partial charge on any atom is 0.253 e. The molecule has 2 aromatic rings. The van der Waals surface area contributed by atoms with Crippen LogP contribution in [-0.2, 0) is 0 Å². The number of anilines is 1. The molecule has 20 heavy (non-hydrogen) atoms. The fourth-order valence-corrected chi connectivity index (χ4v) is 2.16. The van der Waals surface area contributed by atoms with Crippen molar-refractivity contribution in [3.8, 4) is 0 Å². The minimum Gasteiger partial charge on any atom is -0.399 e. The van der Waals surface area contributed by atoms with Crippen LogP contribution in [0.2, 0.25) is 10.0 Å². The first kappa shape index (κ1) is 14.7. The second kappa shape index (κ2) is 6.16. The third kappa shape index (κ3) is 3.44. The van der Waals surface area contributed by atoms with E-state index in [4.69, 9.17) is 28.9 Å². The lowest BCUT2D eigenvalue weighted by Gasteiger charge is -2.15. The molecule has 2 aromatic carbocycles. The highest BCUT2D eigenvalue weighted by Crippen LogP contribution is 2.21. The van der Waals surface area contributed by atoms with Crippen molar-refractivity contribution in [2.24, 2.45) is 0 Å². The van der Waals surface area contributed by atoms with E-state index < -0.39 is 0 Å². The average molecular weight is 309 g/mol. The molecule has 0 aromatic heterocycles. The molecule has 5 heteroatoms. The highest BCUT2D eigenvalue weighted by atomic mass is 35.5. The van der Waals surface area contributed by atoms with Gasteiger partial charge in [-0.3, -0.25) is 4.79 Å². The topological polar surface area (TPSA) is 55.1 Å². The van der Waals surface area contributed by atoms with Crippen molar-refractivity contribution in [3.05, 3.63) is 63.6 Å². The first-order valence-electron chi connectivity index (χ1n) is 6.08. The molecule has 1 amide bonds. The molecule has 0 aliphatic rings. The van der Waals surface area contributed by atoms with Gasteiger partial charge < -0.3 is 11.1 Å². The fraction of sp³-hybridized carbons (Fsp3) is 0.133. The van der Waals surface area contributed by atoms with Crippen LogP contribution in [0.5, 0.6) is 0 Å². The van der Waals surface area contributed by atoms with Crippen molar-refractivity contribution in [2.75, 3.05) is 5.73 Å². The molecule has 0 bridgehead atoms. The summed E-state index contributed by atoms with van der Waals surface area (Å²) in [4.78, 5) is 12.2. The van der Waals surface area contributed by atoms with E-state index in [-0.39, 0.29) is 11.9 Å². The van der Waals surface area contributed by atoms with E-state index >= 15 is 0 Å². The number of rotatable bonds is 3. The maximum absolute atomic E-state index is 12.2. The summed E-state index contributed by atoms with van der Waals surface area (Å²) in [6, 6.07) is 12.0. The summed E-state index contributed by atoms with van der Waals surface area (Å²) >= 11 is 11.8. The lowest BCUT2D eigenvalue weighted by molar-refractivity contribution is 0.0940. The molecular formula is C15H14Cl2N2O. The summed E-state index contributed by atoms with van der Waals surface area (Å²) in [5.74, 6) is -0.259. The number of carbonyl (C=O) groups excluding carboxylic acids is 1. The minimum atomic E-state index is -0.259. The Hall–Kier alpha value is -1.71. The predicted molar refractivity (Wildman–Crippen MR) is 83.2 cm³/mol. The number of hydrogen-bond donors (Lipinski definition) is 2. The predicted octanol–water partition coefficient (Wildman–Crippen LogP) is 4.07. The Kier molecular flexibility index (Phi) is 4.53. The van der Waals surface area contributed by atoms with Gasteiger partial charge in [-0.25, -0.2) is 0 Å². The molecule has 3 N–H and O–H groups in total. The van der Waals surface area contributed by atoms with Crippen LogP contribution in [0.1, 0.15) is 28.9 Å². The molecule has 104 valence electrons. The Labute approximate surface area is 127 Å². The van der Waals surface area contributed by atoms with Crippen molar-refractivity contribution >= 4 is 34.8 Å². The number of carbonyl (C=O) groups is 1. The normalized spacial score (nSPS) is 11.9. The molecule has 3 nitrogen and oxygen atoms in total. The standard InChI is InChI=1S/C15H14Cl2N2O/c1-9(10-2-4-11(16)5-3-10)19-15(20)13-8-12(18)6-7-14(13)17/h2-9H,18H2,1H3,(H,19,20). The van der Waals surface area contributed by atoms with Gasteiger partial charge in [0.25, 0.3) is 5.91 Å². The Balaban J connectivity index is 2.15. The van der Waals surface area contributed by atoms with Crippen molar-refractivity contribution < 1.29 is 4.79 Å². The second-order valence-corrected chi connectivity index (χ2v) is 5.33. The van der Waals surface area contributed by atoms with Crippen LogP contribution >= 0.6 is 23.2 Å². The third-order valence-electron chi connectivity index (χ3n) is 2.95. The number of hydrogen-bond acceptors (Lipinski definition) is 2. The van der Waals surface area contributed by atoms with Gasteiger partial charge in [-0.05, 0) is 42.8 Å². The Morgan fingerprint density at radius 1 is 1.15 bits per heavy atom. The molecule has 0 aliphatic carbocycles. The van der Waals surface area contributed by atoms with Crippen molar-refractivity contribution in [1.29, 1.82) is 0 Å². The van der Waals surface area contributed by atoms with Crippen LogP contribution in [0.25, 0.3) is 0 Å². The molecule has 0 fully saturated rings. The van der Waals surface area contributed by atoms with Crippen LogP contribution < -0.4 is 11.1 Å². The summed E-state index contributed by atoms with van der Waals surface area (Å²) in [5.41, 5.74) is 7.50. The number of nitrogen functional groups attached to an aromatic ring is 1. The van der Waals surface area contributed by atoms with Gasteiger partial charge in [-0.1, -0.05) is 35.3 Å². The first-order chi connectivity index (χ1) is 9.47. The van der Waals surface area contributed by atoms with Crippen molar-refractivity contribution in [2.45, 2.75) is 13.0 Å². The van der Waals surface area contributed by atoms with Gasteiger partial charge in [-0.15, -0.1) is 0 Å². The maximum atomic E-state index is 12.2. The second-order valence-electron chi connectivity index (χ2n) is 4.49. The van der Waals surface area contributed by atoms with Crippen LogP contribution in [0.3, 0.4) is 0 Å². The van der Waals surface area contributed by atoms with Crippen LogP contribution in [0, 0.1) is 0 Å². The van der Waals surface area contributed by atoms with E-state index in [0.29, 0.717) is 21.3 Å². The van der Waals surface area contributed by atoms with E-state index in [1.165, 1.54) is 0 Å². The smallest absolute Gasteiger partial charge is 0.253 e. The highest BCUT2D eigenvalue weighted by Gasteiger charge is 2.14. The number of nitrogens with one attached hydrogen (secondary N) is 1. The summed E-state index contributed by atoms with van der Waals surface area (Å²) < 4.78 is 0. The highest BCUT2D eigenvalue weighted by molar-refractivity contribution is 6.34. The van der Waals surface area contributed by atoms with E-state index in [1.807, 2.05) is 19.1 Å². The monoisotopic (exact) mass is 308 g/mol. The van der Waals surface area contributed by atoms with Crippen LogP contribution in [0.4, 0.5) is 5.69 Å². The molecule has 0 radical (unpaired) electrons. The molecule has 1 unspecified atom stereocenters. The van der Waals surface area contributed by atoms with Crippen LogP contribution in [0.15, 0.2) is 42.5 Å². The lowest BCUT2D eigenvalue weighted by Crippen LogP contribution is -2.27. The quantitative estimate of drug-likeness (QED) is 0.840. The number of amides is 1. The number of nitrogens with two attached hydrogens (primary N) is 1. The Morgan fingerprint density at radius 3 is 2.45 bits per heavy atom. The molecular weight excluding hydrogens is 295 g/mol. The van der Waals surface area contributed by atoms with Crippen molar-refractivity contribution in [3.63, 3.8) is 0 Å². The van der Waals surface area contributed by atoms with E-state index in [2.05, 4.69) is 5.32 Å². The molecule has 0 saturated carbocycles. The molecule has 0 aliphatic heterocycles. The molecule has 0 spiro atoms. The van der Waals surface area contributed by atoms with E-state index in [9.17, 15) is 4.79 Å². The molecule has 0 heterocycles. The first-order valence-corrected chi connectivity index (χ1v) is 6.84. The van der Waals surface area contributed by atoms with Crippen molar-refractivity contribution in [1.82, 2.24) is 5.32 Å². The van der Waals surface area contributed by atoms with Gasteiger partial charge in [0.05, 0.1) is 16.6 Å². The van der Waals surface area contributed by atoms with Gasteiger partial charge in [0, 0.05) is 10.7 Å². The van der Waals surface area contributed by atoms with Gasteiger partial charge in [0.1, 0.15) is 0 Å². The van der Waals surface area contributed by atoms with Gasteiger partial charge in [-0.2, -0.15) is 0 Å². The summed E-state index contributed by atoms with van der Waals surface area (Å²) in [6.07, 6.45) is 0. The minimum absolute atomic E-state index is 0.155. The van der Waals surface area contributed by atoms with E-state index in [0.717, 1.165) is 5.56 Å².